The Kier molecular flexibility index (Phi) is 6.55. The molecule has 4 aromatic heterocycles. The van der Waals surface area contributed by atoms with E-state index in [0.29, 0.717) is 28.4 Å². The van der Waals surface area contributed by atoms with Crippen molar-refractivity contribution in [1.29, 1.82) is 0 Å². The van der Waals surface area contributed by atoms with Gasteiger partial charge in [-0.05, 0) is 63.6 Å². The number of carbonyl (C=O) groups excluding carboxylic acids is 1. The van der Waals surface area contributed by atoms with Crippen LogP contribution in [0.3, 0.4) is 0 Å². The fourth-order valence-electron chi connectivity index (χ4n) is 5.27. The van der Waals surface area contributed by atoms with Crippen LogP contribution in [0.25, 0.3) is 22.9 Å². The lowest BCUT2D eigenvalue weighted by atomic mass is 9.98. The Hall–Kier alpha value is -4.33. The van der Waals surface area contributed by atoms with Gasteiger partial charge in [0, 0.05) is 34.4 Å². The first-order valence-corrected chi connectivity index (χ1v) is 13.8. The second-order valence-corrected chi connectivity index (χ2v) is 11.2. The zero-order valence-corrected chi connectivity index (χ0v) is 24.5. The quantitative estimate of drug-likeness (QED) is 0.284. The first-order chi connectivity index (χ1) is 19.8. The number of halogens is 4. The number of fused-ring (bicyclic) bond motifs is 2. The molecular weight excluding hydrogens is 617 g/mol. The van der Waals surface area contributed by atoms with Crippen LogP contribution in [0.1, 0.15) is 45.5 Å². The van der Waals surface area contributed by atoms with E-state index in [1.54, 1.807) is 19.3 Å². The zero-order valence-electron chi connectivity index (χ0n) is 22.9. The van der Waals surface area contributed by atoms with E-state index in [2.05, 4.69) is 31.0 Å². The summed E-state index contributed by atoms with van der Waals surface area (Å²) in [5.74, 6) is -0.103. The topological polar surface area (TPSA) is 104 Å². The molecule has 42 heavy (non-hydrogen) atoms. The first kappa shape index (κ1) is 27.8. The molecular formula is C28H24BrF3N8O2. The third kappa shape index (κ3) is 4.59. The predicted octanol–water partition coefficient (Wildman–Crippen LogP) is 4.69. The number of benzene rings is 1. The van der Waals surface area contributed by atoms with Crippen LogP contribution >= 0.6 is 15.9 Å². The van der Waals surface area contributed by atoms with Gasteiger partial charge in [-0.25, -0.2) is 24.2 Å². The predicted molar refractivity (Wildman–Crippen MR) is 151 cm³/mol. The van der Waals surface area contributed by atoms with Crippen molar-refractivity contribution in [2.75, 3.05) is 0 Å². The Morgan fingerprint density at radius 3 is 2.55 bits per heavy atom. The molecule has 5 aromatic rings. The average Bonchev–Trinajstić information content (AvgIpc) is 3.47. The molecule has 0 bridgehead atoms. The number of aromatic nitrogens is 7. The van der Waals surface area contributed by atoms with Crippen molar-refractivity contribution >= 4 is 33.0 Å². The van der Waals surface area contributed by atoms with Crippen molar-refractivity contribution in [2.24, 2.45) is 7.05 Å². The van der Waals surface area contributed by atoms with Crippen LogP contribution in [-0.4, -0.2) is 50.7 Å². The molecule has 1 aromatic carbocycles. The lowest BCUT2D eigenvalue weighted by molar-refractivity contribution is -0.138. The summed E-state index contributed by atoms with van der Waals surface area (Å²) in [5.41, 5.74) is 1.99. The van der Waals surface area contributed by atoms with E-state index >= 15 is 0 Å². The summed E-state index contributed by atoms with van der Waals surface area (Å²) < 4.78 is 45.2. The summed E-state index contributed by atoms with van der Waals surface area (Å²) in [6, 6.07) is 8.27. The molecule has 6 rings (SSSR count). The van der Waals surface area contributed by atoms with Gasteiger partial charge in [-0.1, -0.05) is 15.9 Å². The lowest BCUT2D eigenvalue weighted by Crippen LogP contribution is -2.46. The smallest absolute Gasteiger partial charge is 0.332 e. The molecule has 1 aliphatic heterocycles. The number of alkyl halides is 3. The SMILES string of the molecule is Cc1cc(C)n(-c2nc3c(c(=O)n2-c2ccc4c(ncn4C)n2)CC(C)N(C(=O)c2ccc(Br)c(C(F)(F)F)c2)C3)n1. The molecule has 10 nitrogen and oxygen atoms in total. The maximum Gasteiger partial charge on any atom is 0.417 e. The second-order valence-electron chi connectivity index (χ2n) is 10.4. The monoisotopic (exact) mass is 640 g/mol. The van der Waals surface area contributed by atoms with E-state index in [4.69, 9.17) is 4.98 Å². The number of nitrogens with zero attached hydrogens (tertiary/aromatic N) is 8. The van der Waals surface area contributed by atoms with Crippen molar-refractivity contribution in [3.05, 3.63) is 91.3 Å². The minimum Gasteiger partial charge on any atom is -0.332 e. The van der Waals surface area contributed by atoms with Crippen LogP contribution in [0, 0.1) is 13.8 Å². The lowest BCUT2D eigenvalue weighted by Gasteiger charge is -2.34. The summed E-state index contributed by atoms with van der Waals surface area (Å²) >= 11 is 2.92. The zero-order chi connectivity index (χ0) is 30.1. The normalized spacial score (nSPS) is 15.3. The third-order valence-electron chi connectivity index (χ3n) is 7.38. The van der Waals surface area contributed by atoms with E-state index in [1.807, 2.05) is 37.6 Å². The van der Waals surface area contributed by atoms with Crippen LogP contribution in [0.4, 0.5) is 13.2 Å². The highest BCUT2D eigenvalue weighted by Gasteiger charge is 2.36. The molecule has 14 heteroatoms. The molecule has 0 aliphatic carbocycles. The Labute approximate surface area is 245 Å². The highest BCUT2D eigenvalue weighted by Crippen LogP contribution is 2.36. The van der Waals surface area contributed by atoms with Crippen molar-refractivity contribution in [3.8, 4) is 11.8 Å². The summed E-state index contributed by atoms with van der Waals surface area (Å²) in [4.78, 5) is 42.9. The largest absolute Gasteiger partial charge is 0.417 e. The Morgan fingerprint density at radius 1 is 1.10 bits per heavy atom. The molecule has 5 heterocycles. The number of pyridine rings is 1. The number of rotatable bonds is 3. The van der Waals surface area contributed by atoms with Crippen LogP contribution < -0.4 is 5.56 Å². The molecule has 1 unspecified atom stereocenters. The van der Waals surface area contributed by atoms with E-state index in [9.17, 15) is 22.8 Å². The highest BCUT2D eigenvalue weighted by atomic mass is 79.9. The van der Waals surface area contributed by atoms with E-state index in [0.717, 1.165) is 17.3 Å². The highest BCUT2D eigenvalue weighted by molar-refractivity contribution is 9.10. The molecule has 0 fully saturated rings. The van der Waals surface area contributed by atoms with Gasteiger partial charge in [0.1, 0.15) is 5.82 Å². The fraction of sp³-hybridized carbons (Fsp3) is 0.286. The van der Waals surface area contributed by atoms with Gasteiger partial charge in [0.2, 0.25) is 5.95 Å². The summed E-state index contributed by atoms with van der Waals surface area (Å²) in [6.45, 7) is 5.33. The van der Waals surface area contributed by atoms with Gasteiger partial charge in [-0.15, -0.1) is 0 Å². The Balaban J connectivity index is 1.48. The number of aryl methyl sites for hydroxylation is 3. The molecule has 0 saturated heterocycles. The molecule has 1 amide bonds. The summed E-state index contributed by atoms with van der Waals surface area (Å²) in [6.07, 6.45) is -2.85. The third-order valence-corrected chi connectivity index (χ3v) is 8.07. The molecule has 0 saturated carbocycles. The van der Waals surface area contributed by atoms with Gasteiger partial charge in [0.25, 0.3) is 11.5 Å². The standard InChI is InChI=1S/C28H24BrF3N8O2/c1-14-9-16(3)40(36-14)27-34-21-12-38(25(41)17-5-6-20(29)19(11-17)28(30,31)32)15(2)10-18(21)26(42)39(27)23-8-7-22-24(35-23)33-13-37(22)4/h5-9,11,13,15H,10,12H2,1-4H3. The molecule has 0 N–H and O–H groups in total. The van der Waals surface area contributed by atoms with Gasteiger partial charge in [0.15, 0.2) is 5.65 Å². The van der Waals surface area contributed by atoms with Crippen molar-refractivity contribution < 1.29 is 18.0 Å². The molecule has 1 atom stereocenters. The average molecular weight is 641 g/mol. The summed E-state index contributed by atoms with van der Waals surface area (Å²) in [7, 11) is 1.84. The van der Waals surface area contributed by atoms with Crippen LogP contribution in [0.5, 0.6) is 0 Å². The second kappa shape index (κ2) is 9.89. The molecule has 0 spiro atoms. The van der Waals surface area contributed by atoms with Crippen molar-refractivity contribution in [1.82, 2.24) is 38.8 Å². The maximum absolute atomic E-state index is 14.1. The Morgan fingerprint density at radius 2 is 1.86 bits per heavy atom. The maximum atomic E-state index is 14.1. The minimum absolute atomic E-state index is 0.0676. The van der Waals surface area contributed by atoms with Crippen LogP contribution in [0.2, 0.25) is 0 Å². The van der Waals surface area contributed by atoms with Gasteiger partial charge in [-0.2, -0.15) is 18.3 Å². The molecule has 1 aliphatic rings. The number of hydrogen-bond acceptors (Lipinski definition) is 6. The van der Waals surface area contributed by atoms with Crippen molar-refractivity contribution in [3.63, 3.8) is 0 Å². The van der Waals surface area contributed by atoms with Gasteiger partial charge in [0.05, 0.1) is 35.3 Å². The number of amides is 1. The number of carbonyl (C=O) groups is 1. The Bertz CT molecular complexity index is 1960. The van der Waals surface area contributed by atoms with Crippen LogP contribution in [0.15, 0.2) is 52.0 Å². The number of imidazole rings is 1. The van der Waals surface area contributed by atoms with Gasteiger partial charge in [-0.3, -0.25) is 9.59 Å². The number of hydrogen-bond donors (Lipinski definition) is 0. The molecule has 216 valence electrons. The van der Waals surface area contributed by atoms with Crippen molar-refractivity contribution in [2.45, 2.75) is 46.0 Å². The van der Waals surface area contributed by atoms with E-state index in [1.165, 1.54) is 26.3 Å². The fourth-order valence-corrected chi connectivity index (χ4v) is 5.74. The van der Waals surface area contributed by atoms with Crippen LogP contribution in [-0.2, 0) is 26.2 Å². The van der Waals surface area contributed by atoms with E-state index < -0.39 is 23.7 Å². The molecule has 0 radical (unpaired) electrons. The van der Waals surface area contributed by atoms with Gasteiger partial charge < -0.3 is 9.47 Å². The minimum atomic E-state index is -4.64. The van der Waals surface area contributed by atoms with Gasteiger partial charge >= 0.3 is 6.18 Å². The summed E-state index contributed by atoms with van der Waals surface area (Å²) in [5, 5.41) is 4.54. The van der Waals surface area contributed by atoms with E-state index in [-0.39, 0.29) is 34.5 Å². The first-order valence-electron chi connectivity index (χ1n) is 13.0.